The van der Waals surface area contributed by atoms with Crippen LogP contribution in [-0.4, -0.2) is 18.8 Å². The number of aromatic nitrogens is 4. The van der Waals surface area contributed by atoms with E-state index in [1.54, 1.807) is 0 Å². The third-order valence-corrected chi connectivity index (χ3v) is 12.0. The topological polar surface area (TPSA) is 60.9 Å². The molecule has 0 radical (unpaired) electrons. The molecule has 0 N–H and O–H groups in total. The van der Waals surface area contributed by atoms with Crippen LogP contribution in [0.25, 0.3) is 132 Å². The molecule has 0 bridgehead atoms. The van der Waals surface area contributed by atoms with Crippen LogP contribution >= 0.6 is 0 Å². The van der Waals surface area contributed by atoms with E-state index in [0.717, 1.165) is 132 Å². The Kier molecular flexibility index (Phi) is 5.18. The van der Waals surface area contributed by atoms with E-state index in [4.69, 9.17) is 18.8 Å². The molecule has 6 aromatic heterocycles. The largest absolute Gasteiger partial charge is 0.456 e. The van der Waals surface area contributed by atoms with E-state index in [1.165, 1.54) is 0 Å². The van der Waals surface area contributed by atoms with Crippen molar-refractivity contribution in [2.45, 2.75) is 0 Å². The number of nitrogens with zero attached hydrogens (tertiary/aromatic N) is 4. The van der Waals surface area contributed by atoms with Crippen molar-refractivity contribution in [3.8, 4) is 11.1 Å². The molecule has 56 heavy (non-hydrogen) atoms. The molecule has 0 unspecified atom stereocenters. The van der Waals surface area contributed by atoms with Gasteiger partial charge in [-0.1, -0.05) is 91.0 Å². The van der Waals surface area contributed by atoms with Crippen LogP contribution < -0.4 is 0 Å². The lowest BCUT2D eigenvalue weighted by Gasteiger charge is -2.12. The second kappa shape index (κ2) is 10.1. The van der Waals surface area contributed by atoms with Crippen LogP contribution in [0.4, 0.5) is 0 Å². The summed E-state index contributed by atoms with van der Waals surface area (Å²) in [6.07, 6.45) is 0. The summed E-state index contributed by atoms with van der Waals surface area (Å²) in [5.74, 6) is 0. The summed E-state index contributed by atoms with van der Waals surface area (Å²) in [6.45, 7) is 0. The summed E-state index contributed by atoms with van der Waals surface area (Å²) in [4.78, 5) is 10.5. The monoisotopic (exact) mass is 714 g/mol. The molecule has 6 heteroatoms. The minimum atomic E-state index is 0.865. The van der Waals surface area contributed by atoms with E-state index in [1.807, 2.05) is 24.3 Å². The van der Waals surface area contributed by atoms with Crippen LogP contribution in [0.1, 0.15) is 0 Å². The molecule has 0 spiro atoms. The number of pyridine rings is 2. The standard InChI is InChI=1S/C50H26N4O2/c1-2-11-34-29(9-1)31-20-21-33-30-10-3-7-15-42(30)56-48(33)47(31)54-41-26-28(18-23-39(41)52-49(34)54)27-17-19-35-37(25-27)32-22-24-44-45(36-12-4-8-16-43(36)55-44)46(32)53-40-14-6-5-13-38(40)51-50(35)53/h1-26H. The first-order chi connectivity index (χ1) is 27.8. The third kappa shape index (κ3) is 3.52. The van der Waals surface area contributed by atoms with Crippen LogP contribution in [0.3, 0.4) is 0 Å². The first-order valence-electron chi connectivity index (χ1n) is 18.9. The Balaban J connectivity index is 1.10. The number of hydrogen-bond donors (Lipinski definition) is 0. The van der Waals surface area contributed by atoms with Crippen LogP contribution in [0, 0.1) is 0 Å². The van der Waals surface area contributed by atoms with Crippen molar-refractivity contribution in [1.29, 1.82) is 0 Å². The fourth-order valence-electron chi connectivity index (χ4n) is 9.61. The molecule has 0 atom stereocenters. The quantitative estimate of drug-likeness (QED) is 0.159. The smallest absolute Gasteiger partial charge is 0.160 e. The number of rotatable bonds is 1. The van der Waals surface area contributed by atoms with Gasteiger partial charge in [-0.3, -0.25) is 8.80 Å². The lowest BCUT2D eigenvalue weighted by atomic mass is 9.97. The van der Waals surface area contributed by atoms with E-state index in [-0.39, 0.29) is 0 Å². The Morgan fingerprint density at radius 2 is 0.946 bits per heavy atom. The first-order valence-corrected chi connectivity index (χ1v) is 18.9. The Labute approximate surface area is 316 Å². The van der Waals surface area contributed by atoms with Gasteiger partial charge in [-0.25, -0.2) is 9.97 Å². The summed E-state index contributed by atoms with van der Waals surface area (Å²) in [7, 11) is 0. The maximum absolute atomic E-state index is 6.69. The highest BCUT2D eigenvalue weighted by atomic mass is 16.3. The van der Waals surface area contributed by atoms with Crippen LogP contribution in [0.5, 0.6) is 0 Å². The number of imidazole rings is 2. The molecule has 6 nitrogen and oxygen atoms in total. The van der Waals surface area contributed by atoms with E-state index in [9.17, 15) is 0 Å². The highest BCUT2D eigenvalue weighted by molar-refractivity contribution is 6.26. The molecule has 0 saturated heterocycles. The number of hydrogen-bond acceptors (Lipinski definition) is 4. The number of fused-ring (bicyclic) bond motifs is 24. The molecule has 258 valence electrons. The van der Waals surface area contributed by atoms with E-state index in [0.29, 0.717) is 0 Å². The Morgan fingerprint density at radius 1 is 0.357 bits per heavy atom. The Bertz CT molecular complexity index is 4070. The van der Waals surface area contributed by atoms with Crippen molar-refractivity contribution >= 4 is 121 Å². The SMILES string of the molecule is c1ccc2c(c1)nc1c3ccc(-c4ccc5nc6c7ccccc7c7ccc8c9ccccc9oc8c7n6c5c4)cc3c3ccc4oc5ccccc5c4c3n21. The predicted octanol–water partition coefficient (Wildman–Crippen LogP) is 13.4. The van der Waals surface area contributed by atoms with Crippen LogP contribution in [0.2, 0.25) is 0 Å². The molecule has 0 aliphatic rings. The zero-order valence-electron chi connectivity index (χ0n) is 29.6. The van der Waals surface area contributed by atoms with Gasteiger partial charge in [0.05, 0.1) is 38.5 Å². The molecular formula is C50H26N4O2. The van der Waals surface area contributed by atoms with Gasteiger partial charge < -0.3 is 8.83 Å². The molecule has 14 aromatic rings. The molecule has 0 saturated carbocycles. The van der Waals surface area contributed by atoms with Gasteiger partial charge in [-0.2, -0.15) is 0 Å². The Hall–Kier alpha value is -7.70. The summed E-state index contributed by atoms with van der Waals surface area (Å²) >= 11 is 0. The van der Waals surface area contributed by atoms with Crippen molar-refractivity contribution in [2.24, 2.45) is 0 Å². The fourth-order valence-corrected chi connectivity index (χ4v) is 9.61. The molecule has 8 aromatic carbocycles. The van der Waals surface area contributed by atoms with Gasteiger partial charge >= 0.3 is 0 Å². The average molecular weight is 715 g/mol. The van der Waals surface area contributed by atoms with E-state index in [2.05, 4.69) is 142 Å². The maximum Gasteiger partial charge on any atom is 0.160 e. The zero-order chi connectivity index (χ0) is 36.2. The van der Waals surface area contributed by atoms with Crippen molar-refractivity contribution in [3.05, 3.63) is 158 Å². The van der Waals surface area contributed by atoms with Crippen molar-refractivity contribution in [2.75, 3.05) is 0 Å². The molecule has 0 aliphatic carbocycles. The van der Waals surface area contributed by atoms with Gasteiger partial charge in [-0.05, 0) is 88.6 Å². The summed E-state index contributed by atoms with van der Waals surface area (Å²) in [5, 5.41) is 11.2. The summed E-state index contributed by atoms with van der Waals surface area (Å²) in [5.41, 5.74) is 13.7. The maximum atomic E-state index is 6.69. The minimum Gasteiger partial charge on any atom is -0.456 e. The van der Waals surface area contributed by atoms with Crippen molar-refractivity contribution in [3.63, 3.8) is 0 Å². The molecule has 0 aliphatic heterocycles. The lowest BCUT2D eigenvalue weighted by molar-refractivity contribution is 0.669. The Morgan fingerprint density at radius 3 is 1.82 bits per heavy atom. The predicted molar refractivity (Wildman–Crippen MR) is 229 cm³/mol. The third-order valence-electron chi connectivity index (χ3n) is 12.0. The van der Waals surface area contributed by atoms with Gasteiger partial charge in [-0.15, -0.1) is 0 Å². The van der Waals surface area contributed by atoms with E-state index < -0.39 is 0 Å². The van der Waals surface area contributed by atoms with Gasteiger partial charge in [0.1, 0.15) is 28.0 Å². The van der Waals surface area contributed by atoms with E-state index >= 15 is 0 Å². The minimum absolute atomic E-state index is 0.865. The normalized spacial score (nSPS) is 12.6. The van der Waals surface area contributed by atoms with Crippen LogP contribution in [-0.2, 0) is 0 Å². The highest BCUT2D eigenvalue weighted by Gasteiger charge is 2.22. The van der Waals surface area contributed by atoms with Crippen LogP contribution in [0.15, 0.2) is 167 Å². The fraction of sp³-hybridized carbons (Fsp3) is 0. The molecule has 14 rings (SSSR count). The number of para-hydroxylation sites is 4. The number of benzene rings is 8. The van der Waals surface area contributed by atoms with Crippen molar-refractivity contribution in [1.82, 2.24) is 18.8 Å². The van der Waals surface area contributed by atoms with Gasteiger partial charge in [0.25, 0.3) is 0 Å². The van der Waals surface area contributed by atoms with Gasteiger partial charge in [0, 0.05) is 37.7 Å². The lowest BCUT2D eigenvalue weighted by Crippen LogP contribution is -1.93. The second-order valence-electron chi connectivity index (χ2n) is 14.9. The first kappa shape index (κ1) is 28.8. The molecular weight excluding hydrogens is 689 g/mol. The number of furan rings is 2. The zero-order valence-corrected chi connectivity index (χ0v) is 29.6. The van der Waals surface area contributed by atoms with Crippen molar-refractivity contribution < 1.29 is 8.83 Å². The summed E-state index contributed by atoms with van der Waals surface area (Å²) < 4.78 is 17.8. The van der Waals surface area contributed by atoms with Gasteiger partial charge in [0.2, 0.25) is 0 Å². The molecule has 0 fully saturated rings. The molecule has 0 amide bonds. The second-order valence-corrected chi connectivity index (χ2v) is 14.9. The van der Waals surface area contributed by atoms with Gasteiger partial charge in [0.15, 0.2) is 5.58 Å². The highest BCUT2D eigenvalue weighted by Crippen LogP contribution is 2.43. The molecule has 6 heterocycles. The average Bonchev–Trinajstić information content (AvgIpc) is 4.03. The summed E-state index contributed by atoms with van der Waals surface area (Å²) in [6, 6.07) is 55.8.